The number of carboxylic acids is 1. The van der Waals surface area contributed by atoms with Gasteiger partial charge in [0, 0.05) is 10.8 Å². The summed E-state index contributed by atoms with van der Waals surface area (Å²) < 4.78 is 17.2. The monoisotopic (exact) mass is 301 g/mol. The number of amides is 1. The second-order valence-electron chi connectivity index (χ2n) is 4.77. The third-order valence-corrected chi connectivity index (χ3v) is 4.99. The predicted octanol–water partition coefficient (Wildman–Crippen LogP) is 1.14. The SMILES string of the molecule is CC(C)C(C(=O)O)S(=O)C(C)C(=O)NCc1ccco1. The fraction of sp³-hybridized carbons (Fsp3) is 0.538. The van der Waals surface area contributed by atoms with E-state index in [-0.39, 0.29) is 12.5 Å². The topological polar surface area (TPSA) is 96.6 Å². The number of rotatable bonds is 7. The summed E-state index contributed by atoms with van der Waals surface area (Å²) in [4.78, 5) is 23.0. The van der Waals surface area contributed by atoms with Crippen molar-refractivity contribution in [3.8, 4) is 0 Å². The summed E-state index contributed by atoms with van der Waals surface area (Å²) in [6.45, 7) is 4.99. The second-order valence-corrected chi connectivity index (χ2v) is 6.64. The van der Waals surface area contributed by atoms with Crippen molar-refractivity contribution in [1.82, 2.24) is 5.32 Å². The van der Waals surface area contributed by atoms with E-state index in [0.29, 0.717) is 5.76 Å². The zero-order chi connectivity index (χ0) is 15.3. The number of carbonyl (C=O) groups is 2. The van der Waals surface area contributed by atoms with Gasteiger partial charge in [-0.1, -0.05) is 13.8 Å². The molecule has 6 nitrogen and oxygen atoms in total. The number of nitrogens with one attached hydrogen (secondary N) is 1. The molecule has 1 aromatic heterocycles. The van der Waals surface area contributed by atoms with Crippen molar-refractivity contribution in [2.45, 2.75) is 37.8 Å². The number of furan rings is 1. The first-order valence-corrected chi connectivity index (χ1v) is 7.54. The van der Waals surface area contributed by atoms with E-state index in [9.17, 15) is 13.8 Å². The first kappa shape index (κ1) is 16.4. The van der Waals surface area contributed by atoms with Crippen molar-refractivity contribution in [3.63, 3.8) is 0 Å². The molecule has 0 saturated carbocycles. The van der Waals surface area contributed by atoms with Crippen LogP contribution in [-0.4, -0.2) is 31.7 Å². The lowest BCUT2D eigenvalue weighted by Crippen LogP contribution is -2.42. The molecule has 1 aromatic rings. The summed E-state index contributed by atoms with van der Waals surface area (Å²) in [5, 5.41) is 9.71. The van der Waals surface area contributed by atoms with Crippen LogP contribution in [0.15, 0.2) is 22.8 Å². The molecule has 0 fully saturated rings. The summed E-state index contributed by atoms with van der Waals surface area (Å²) in [6, 6.07) is 3.40. The summed E-state index contributed by atoms with van der Waals surface area (Å²) in [7, 11) is -1.78. The highest BCUT2D eigenvalue weighted by atomic mass is 32.2. The minimum Gasteiger partial charge on any atom is -0.480 e. The van der Waals surface area contributed by atoms with Crippen molar-refractivity contribution in [2.75, 3.05) is 0 Å². The molecule has 0 aliphatic heterocycles. The van der Waals surface area contributed by atoms with Crippen LogP contribution in [0.3, 0.4) is 0 Å². The van der Waals surface area contributed by atoms with Crippen LogP contribution in [0.4, 0.5) is 0 Å². The third kappa shape index (κ3) is 4.19. The van der Waals surface area contributed by atoms with Gasteiger partial charge in [0.2, 0.25) is 5.91 Å². The van der Waals surface area contributed by atoms with Gasteiger partial charge < -0.3 is 14.8 Å². The molecule has 0 bridgehead atoms. The van der Waals surface area contributed by atoms with Crippen LogP contribution >= 0.6 is 0 Å². The molecule has 0 aliphatic rings. The third-order valence-electron chi connectivity index (χ3n) is 2.83. The molecule has 0 radical (unpaired) electrons. The maximum atomic E-state index is 12.2. The van der Waals surface area contributed by atoms with Crippen molar-refractivity contribution in [2.24, 2.45) is 5.92 Å². The lowest BCUT2D eigenvalue weighted by molar-refractivity contribution is -0.137. The number of carbonyl (C=O) groups excluding carboxylic acids is 1. The number of hydrogen-bond donors (Lipinski definition) is 2. The number of carboxylic acid groups (broad SMARTS) is 1. The Morgan fingerprint density at radius 1 is 1.40 bits per heavy atom. The Bertz CT molecular complexity index is 483. The molecule has 2 N–H and O–H groups in total. The van der Waals surface area contributed by atoms with E-state index in [0.717, 1.165) is 0 Å². The molecule has 1 amide bonds. The highest BCUT2D eigenvalue weighted by Crippen LogP contribution is 2.14. The Hall–Kier alpha value is -1.63. The second kappa shape index (κ2) is 7.23. The van der Waals surface area contributed by atoms with Crippen molar-refractivity contribution >= 4 is 22.7 Å². The van der Waals surface area contributed by atoms with E-state index >= 15 is 0 Å². The van der Waals surface area contributed by atoms with E-state index in [2.05, 4.69) is 5.32 Å². The highest BCUT2D eigenvalue weighted by Gasteiger charge is 2.34. The first-order valence-electron chi connectivity index (χ1n) is 6.26. The van der Waals surface area contributed by atoms with Crippen LogP contribution in [0.25, 0.3) is 0 Å². The maximum absolute atomic E-state index is 12.2. The Morgan fingerprint density at radius 3 is 2.50 bits per heavy atom. The molecular weight excluding hydrogens is 282 g/mol. The molecular formula is C13H19NO5S. The largest absolute Gasteiger partial charge is 0.480 e. The van der Waals surface area contributed by atoms with Crippen molar-refractivity contribution in [1.29, 1.82) is 0 Å². The van der Waals surface area contributed by atoms with Gasteiger partial charge in [-0.25, -0.2) is 0 Å². The zero-order valence-electron chi connectivity index (χ0n) is 11.7. The molecule has 3 atom stereocenters. The number of hydrogen-bond acceptors (Lipinski definition) is 4. The predicted molar refractivity (Wildman–Crippen MR) is 74.4 cm³/mol. The van der Waals surface area contributed by atoms with Gasteiger partial charge in [0.15, 0.2) is 0 Å². The first-order chi connectivity index (χ1) is 9.34. The van der Waals surface area contributed by atoms with Crippen LogP contribution in [0.2, 0.25) is 0 Å². The lowest BCUT2D eigenvalue weighted by Gasteiger charge is -2.19. The molecule has 20 heavy (non-hydrogen) atoms. The van der Waals surface area contributed by atoms with E-state index in [1.165, 1.54) is 13.2 Å². The van der Waals surface area contributed by atoms with Gasteiger partial charge in [-0.15, -0.1) is 0 Å². The normalized spacial score (nSPS) is 15.6. The molecule has 0 aromatic carbocycles. The smallest absolute Gasteiger partial charge is 0.319 e. The van der Waals surface area contributed by atoms with Crippen LogP contribution in [0, 0.1) is 5.92 Å². The quantitative estimate of drug-likeness (QED) is 0.787. The van der Waals surface area contributed by atoms with Crippen LogP contribution < -0.4 is 5.32 Å². The molecule has 1 heterocycles. The molecule has 0 saturated heterocycles. The summed E-state index contributed by atoms with van der Waals surface area (Å²) in [5.41, 5.74) is 0. The van der Waals surface area contributed by atoms with Gasteiger partial charge in [-0.05, 0) is 25.0 Å². The number of aliphatic carboxylic acids is 1. The molecule has 0 spiro atoms. The molecule has 1 rings (SSSR count). The average Bonchev–Trinajstić information content (AvgIpc) is 2.87. The van der Waals surface area contributed by atoms with Crippen LogP contribution in [0.5, 0.6) is 0 Å². The molecule has 3 unspecified atom stereocenters. The van der Waals surface area contributed by atoms with Gasteiger partial charge in [0.25, 0.3) is 0 Å². The average molecular weight is 301 g/mol. The van der Waals surface area contributed by atoms with Crippen LogP contribution in [-0.2, 0) is 26.9 Å². The molecule has 7 heteroatoms. The van der Waals surface area contributed by atoms with E-state index < -0.39 is 33.2 Å². The molecule has 0 aliphatic carbocycles. The van der Waals surface area contributed by atoms with Gasteiger partial charge >= 0.3 is 5.97 Å². The van der Waals surface area contributed by atoms with Gasteiger partial charge in [0.1, 0.15) is 16.3 Å². The Balaban J connectivity index is 2.63. The minimum absolute atomic E-state index is 0.187. The highest BCUT2D eigenvalue weighted by molar-refractivity contribution is 7.87. The van der Waals surface area contributed by atoms with Crippen molar-refractivity contribution in [3.05, 3.63) is 24.2 Å². The minimum atomic E-state index is -1.78. The van der Waals surface area contributed by atoms with Gasteiger partial charge in [-0.3, -0.25) is 13.8 Å². The van der Waals surface area contributed by atoms with Crippen molar-refractivity contribution < 1.29 is 23.3 Å². The van der Waals surface area contributed by atoms with Gasteiger partial charge in [0.05, 0.1) is 12.8 Å². The van der Waals surface area contributed by atoms with Gasteiger partial charge in [-0.2, -0.15) is 0 Å². The summed E-state index contributed by atoms with van der Waals surface area (Å²) in [5.74, 6) is -1.33. The molecule has 112 valence electrons. The van der Waals surface area contributed by atoms with E-state index in [1.54, 1.807) is 26.0 Å². The van der Waals surface area contributed by atoms with E-state index in [1.807, 2.05) is 0 Å². The Kier molecular flexibility index (Phi) is 5.94. The zero-order valence-corrected chi connectivity index (χ0v) is 12.5. The Morgan fingerprint density at radius 2 is 2.05 bits per heavy atom. The lowest BCUT2D eigenvalue weighted by atomic mass is 10.1. The summed E-state index contributed by atoms with van der Waals surface area (Å²) >= 11 is 0. The Labute approximate surface area is 120 Å². The maximum Gasteiger partial charge on any atom is 0.319 e. The van der Waals surface area contributed by atoms with Crippen LogP contribution in [0.1, 0.15) is 26.5 Å². The summed E-state index contributed by atoms with van der Waals surface area (Å²) in [6.07, 6.45) is 1.49. The fourth-order valence-electron chi connectivity index (χ4n) is 1.71. The van der Waals surface area contributed by atoms with E-state index in [4.69, 9.17) is 9.52 Å². The standard InChI is InChI=1S/C13H19NO5S/c1-8(2)11(13(16)17)20(18)9(3)12(15)14-7-10-5-4-6-19-10/h4-6,8-9,11H,7H2,1-3H3,(H,14,15)(H,16,17). The fourth-order valence-corrected chi connectivity index (χ4v) is 3.18.